The maximum atomic E-state index is 13.5. The molecule has 1 N–H and O–H groups in total. The summed E-state index contributed by atoms with van der Waals surface area (Å²) in [7, 11) is -1.62. The summed E-state index contributed by atoms with van der Waals surface area (Å²) in [5.41, 5.74) is -0.464. The zero-order valence-electron chi connectivity index (χ0n) is 8.94. The summed E-state index contributed by atoms with van der Waals surface area (Å²) in [5, 5.41) is 8.42. The van der Waals surface area contributed by atoms with Gasteiger partial charge in [-0.15, -0.1) is 0 Å². The zero-order valence-corrected chi connectivity index (χ0v) is 10.5. The Labute approximate surface area is 102 Å². The second-order valence-corrected chi connectivity index (χ2v) is 5.88. The molecule has 5 nitrogen and oxygen atoms in total. The molecule has 17 heavy (non-hydrogen) atoms. The van der Waals surface area contributed by atoms with Crippen molar-refractivity contribution in [2.45, 2.75) is 4.90 Å². The van der Waals surface area contributed by atoms with Crippen LogP contribution in [0.2, 0.25) is 5.02 Å². The highest BCUT2D eigenvalue weighted by molar-refractivity contribution is 7.89. The highest BCUT2D eigenvalue weighted by atomic mass is 35.5. The predicted octanol–water partition coefficient (Wildman–Crippen LogP) is 1.43. The summed E-state index contributed by atoms with van der Waals surface area (Å²) in [5.74, 6) is -2.51. The molecule has 8 heteroatoms. The summed E-state index contributed by atoms with van der Waals surface area (Å²) < 4.78 is 37.6. The van der Waals surface area contributed by atoms with Crippen molar-refractivity contribution in [1.29, 1.82) is 0 Å². The summed E-state index contributed by atoms with van der Waals surface area (Å²) in [6.07, 6.45) is 0. The molecule has 0 saturated heterocycles. The van der Waals surface area contributed by atoms with Crippen molar-refractivity contribution in [2.75, 3.05) is 14.1 Å². The third-order valence-corrected chi connectivity index (χ3v) is 4.15. The number of benzene rings is 1. The van der Waals surface area contributed by atoms with E-state index in [0.29, 0.717) is 12.1 Å². The van der Waals surface area contributed by atoms with Gasteiger partial charge in [-0.25, -0.2) is 21.9 Å². The Bertz CT molecular complexity index is 571. The fourth-order valence-electron chi connectivity index (χ4n) is 1.09. The van der Waals surface area contributed by atoms with Gasteiger partial charge in [0.2, 0.25) is 10.0 Å². The van der Waals surface area contributed by atoms with Crippen LogP contribution < -0.4 is 0 Å². The lowest BCUT2D eigenvalue weighted by molar-refractivity contribution is 0.0696. The van der Waals surface area contributed by atoms with Crippen LogP contribution in [0, 0.1) is 5.82 Å². The molecule has 0 atom stereocenters. The zero-order chi connectivity index (χ0) is 13.4. The maximum absolute atomic E-state index is 13.5. The van der Waals surface area contributed by atoms with E-state index in [1.165, 1.54) is 14.1 Å². The van der Waals surface area contributed by atoms with Crippen molar-refractivity contribution in [1.82, 2.24) is 4.31 Å². The lowest BCUT2D eigenvalue weighted by Crippen LogP contribution is -2.23. The Balaban J connectivity index is 3.57. The van der Waals surface area contributed by atoms with Crippen LogP contribution in [-0.2, 0) is 10.0 Å². The van der Waals surface area contributed by atoms with Gasteiger partial charge in [0, 0.05) is 14.1 Å². The standard InChI is InChI=1S/C9H9ClFNO4S/c1-12(2)17(15,16)8-3-5(9(13)14)6(10)4-7(8)11/h3-4H,1-2H3,(H,13,14). The molecule has 0 aliphatic rings. The fraction of sp³-hybridized carbons (Fsp3) is 0.222. The minimum Gasteiger partial charge on any atom is -0.478 e. The normalized spacial score (nSPS) is 11.8. The van der Waals surface area contributed by atoms with Crippen molar-refractivity contribution in [2.24, 2.45) is 0 Å². The number of aromatic carboxylic acids is 1. The first-order chi connectivity index (χ1) is 7.67. The van der Waals surface area contributed by atoms with E-state index >= 15 is 0 Å². The Morgan fingerprint density at radius 2 is 1.94 bits per heavy atom. The first-order valence-electron chi connectivity index (χ1n) is 4.32. The van der Waals surface area contributed by atoms with Crippen molar-refractivity contribution in [3.05, 3.63) is 28.5 Å². The van der Waals surface area contributed by atoms with Gasteiger partial charge in [-0.05, 0) is 12.1 Å². The Morgan fingerprint density at radius 1 is 1.41 bits per heavy atom. The highest BCUT2D eigenvalue weighted by Crippen LogP contribution is 2.25. The summed E-state index contributed by atoms with van der Waals surface area (Å²) >= 11 is 5.50. The number of carboxylic acids is 1. The average Bonchev–Trinajstić information content (AvgIpc) is 2.15. The van der Waals surface area contributed by atoms with Crippen molar-refractivity contribution in [3.63, 3.8) is 0 Å². The van der Waals surface area contributed by atoms with Gasteiger partial charge in [0.05, 0.1) is 10.6 Å². The van der Waals surface area contributed by atoms with Gasteiger partial charge in [0.25, 0.3) is 0 Å². The van der Waals surface area contributed by atoms with E-state index in [2.05, 4.69) is 0 Å². The van der Waals surface area contributed by atoms with Gasteiger partial charge in [0.15, 0.2) is 0 Å². The summed E-state index contributed by atoms with van der Waals surface area (Å²) in [4.78, 5) is 10.0. The molecule has 0 heterocycles. The van der Waals surface area contributed by atoms with E-state index in [1.54, 1.807) is 0 Å². The van der Waals surface area contributed by atoms with E-state index in [1.807, 2.05) is 0 Å². The quantitative estimate of drug-likeness (QED) is 0.909. The van der Waals surface area contributed by atoms with Crippen molar-refractivity contribution < 1.29 is 22.7 Å². The van der Waals surface area contributed by atoms with Gasteiger partial charge >= 0.3 is 5.97 Å². The van der Waals surface area contributed by atoms with Gasteiger partial charge in [-0.1, -0.05) is 11.6 Å². The van der Waals surface area contributed by atoms with E-state index < -0.39 is 32.3 Å². The molecule has 0 aliphatic carbocycles. The van der Waals surface area contributed by atoms with Crippen molar-refractivity contribution >= 4 is 27.6 Å². The SMILES string of the molecule is CN(C)S(=O)(=O)c1cc(C(=O)O)c(Cl)cc1F. The fourth-order valence-corrected chi connectivity index (χ4v) is 2.28. The van der Waals surface area contributed by atoms with Gasteiger partial charge in [-0.2, -0.15) is 0 Å². The molecular weight excluding hydrogens is 273 g/mol. The van der Waals surface area contributed by atoms with Gasteiger partial charge in [0.1, 0.15) is 10.7 Å². The van der Waals surface area contributed by atoms with Crippen LogP contribution in [0.4, 0.5) is 4.39 Å². The van der Waals surface area contributed by atoms with Crippen LogP contribution in [-0.4, -0.2) is 37.9 Å². The topological polar surface area (TPSA) is 74.7 Å². The van der Waals surface area contributed by atoms with Crippen LogP contribution in [0.25, 0.3) is 0 Å². The molecule has 0 unspecified atom stereocenters. The monoisotopic (exact) mass is 281 g/mol. The third-order valence-electron chi connectivity index (χ3n) is 2.01. The molecule has 0 aliphatic heterocycles. The van der Waals surface area contributed by atoms with Crippen LogP contribution in [0.5, 0.6) is 0 Å². The minimum absolute atomic E-state index is 0.354. The van der Waals surface area contributed by atoms with Crippen LogP contribution in [0.15, 0.2) is 17.0 Å². The van der Waals surface area contributed by atoms with Crippen LogP contribution in [0.1, 0.15) is 10.4 Å². The second-order valence-electron chi connectivity index (χ2n) is 3.36. The summed E-state index contributed by atoms with van der Waals surface area (Å²) in [6.45, 7) is 0. The van der Waals surface area contributed by atoms with Crippen LogP contribution in [0.3, 0.4) is 0 Å². The Morgan fingerprint density at radius 3 is 2.35 bits per heavy atom. The Kier molecular flexibility index (Phi) is 3.75. The van der Waals surface area contributed by atoms with Crippen molar-refractivity contribution in [3.8, 4) is 0 Å². The molecule has 0 fully saturated rings. The van der Waals surface area contributed by atoms with E-state index in [9.17, 15) is 17.6 Å². The number of carboxylic acid groups (broad SMARTS) is 1. The third kappa shape index (κ3) is 2.56. The molecule has 0 bridgehead atoms. The first-order valence-corrected chi connectivity index (χ1v) is 6.14. The van der Waals surface area contributed by atoms with Gasteiger partial charge < -0.3 is 5.11 Å². The summed E-state index contributed by atoms with van der Waals surface area (Å²) in [6, 6.07) is 1.37. The second kappa shape index (κ2) is 4.59. The largest absolute Gasteiger partial charge is 0.478 e. The molecule has 1 aromatic rings. The van der Waals surface area contributed by atoms with E-state index in [-0.39, 0.29) is 5.02 Å². The lowest BCUT2D eigenvalue weighted by atomic mass is 10.2. The molecule has 0 spiro atoms. The number of nitrogens with zero attached hydrogens (tertiary/aromatic N) is 1. The number of carbonyl (C=O) groups is 1. The number of rotatable bonds is 3. The molecule has 0 radical (unpaired) electrons. The minimum atomic E-state index is -4.04. The average molecular weight is 282 g/mol. The number of sulfonamides is 1. The number of hydrogen-bond acceptors (Lipinski definition) is 3. The van der Waals surface area contributed by atoms with E-state index in [4.69, 9.17) is 16.7 Å². The first kappa shape index (κ1) is 13.9. The molecular formula is C9H9ClFNO4S. The molecule has 0 amide bonds. The van der Waals surface area contributed by atoms with E-state index in [0.717, 1.165) is 4.31 Å². The molecule has 0 saturated carbocycles. The predicted molar refractivity (Wildman–Crippen MR) is 59.2 cm³/mol. The highest BCUT2D eigenvalue weighted by Gasteiger charge is 2.25. The number of halogens is 2. The molecule has 1 rings (SSSR count). The van der Waals surface area contributed by atoms with Crippen LogP contribution >= 0.6 is 11.6 Å². The maximum Gasteiger partial charge on any atom is 0.337 e. The number of hydrogen-bond donors (Lipinski definition) is 1. The van der Waals surface area contributed by atoms with Gasteiger partial charge in [-0.3, -0.25) is 0 Å². The molecule has 1 aromatic carbocycles. The smallest absolute Gasteiger partial charge is 0.337 e. The molecule has 0 aromatic heterocycles. The Hall–Kier alpha value is -1.18. The molecule has 94 valence electrons. The lowest BCUT2D eigenvalue weighted by Gasteiger charge is -2.13.